The Labute approximate surface area is 176 Å². The van der Waals surface area contributed by atoms with Crippen LogP contribution in [0.15, 0.2) is 73.3 Å². The molecule has 0 unspecified atom stereocenters. The van der Waals surface area contributed by atoms with Gasteiger partial charge in [-0.1, -0.05) is 67.3 Å². The summed E-state index contributed by atoms with van der Waals surface area (Å²) in [6.45, 7) is 4.29. The van der Waals surface area contributed by atoms with Gasteiger partial charge in [0.1, 0.15) is 11.5 Å². The molecule has 4 aromatic rings. The molecule has 0 bridgehead atoms. The lowest BCUT2D eigenvalue weighted by Gasteiger charge is -2.21. The van der Waals surface area contributed by atoms with Gasteiger partial charge in [-0.3, -0.25) is 0 Å². The molecular weight excluding hydrogens is 376 g/mol. The summed E-state index contributed by atoms with van der Waals surface area (Å²) in [5, 5.41) is 4.34. The van der Waals surface area contributed by atoms with Crippen LogP contribution in [0.2, 0.25) is 0 Å². The van der Waals surface area contributed by atoms with Gasteiger partial charge in [0, 0.05) is 30.9 Å². The van der Waals surface area contributed by atoms with Crippen molar-refractivity contribution in [2.75, 3.05) is 27.8 Å². The highest BCUT2D eigenvalue weighted by atomic mass is 16.7. The molecule has 4 rings (SSSR count). The van der Waals surface area contributed by atoms with Crippen molar-refractivity contribution in [3.8, 4) is 22.6 Å². The Morgan fingerprint density at radius 1 is 0.733 bits per heavy atom. The van der Waals surface area contributed by atoms with E-state index in [1.165, 1.54) is 0 Å². The fourth-order valence-electron chi connectivity index (χ4n) is 3.78. The van der Waals surface area contributed by atoms with Crippen molar-refractivity contribution in [3.63, 3.8) is 0 Å². The Kier molecular flexibility index (Phi) is 5.98. The minimum Gasteiger partial charge on any atom is -0.467 e. The third-order valence-electron chi connectivity index (χ3n) is 5.04. The van der Waals surface area contributed by atoms with E-state index in [-0.39, 0.29) is 13.6 Å². The molecule has 30 heavy (non-hydrogen) atoms. The summed E-state index contributed by atoms with van der Waals surface area (Å²) < 4.78 is 22.5. The molecule has 0 radical (unpaired) electrons. The number of hydrogen-bond acceptors (Lipinski definition) is 4. The fourth-order valence-corrected chi connectivity index (χ4v) is 3.78. The van der Waals surface area contributed by atoms with Gasteiger partial charge in [-0.05, 0) is 33.7 Å². The van der Waals surface area contributed by atoms with Gasteiger partial charge < -0.3 is 18.9 Å². The Balaban J connectivity index is 2.14. The van der Waals surface area contributed by atoms with E-state index in [2.05, 4.69) is 43.0 Å². The van der Waals surface area contributed by atoms with Crippen molar-refractivity contribution < 1.29 is 18.9 Å². The van der Waals surface area contributed by atoms with Crippen LogP contribution in [0.5, 0.6) is 11.5 Å². The van der Waals surface area contributed by atoms with E-state index in [0.717, 1.165) is 44.0 Å². The zero-order valence-corrected chi connectivity index (χ0v) is 17.2. The van der Waals surface area contributed by atoms with Crippen molar-refractivity contribution >= 4 is 27.6 Å². The molecule has 0 aliphatic heterocycles. The lowest BCUT2D eigenvalue weighted by molar-refractivity contribution is 0.0501. The second-order valence-electron chi connectivity index (χ2n) is 6.86. The SMILES string of the molecule is C=Cc1cc2ccccc2c(-c2c(OCOC)ccc3ccccc23)c1OCOC. The topological polar surface area (TPSA) is 36.9 Å². The van der Waals surface area contributed by atoms with Gasteiger partial charge in [0.25, 0.3) is 0 Å². The van der Waals surface area contributed by atoms with Gasteiger partial charge in [0.2, 0.25) is 0 Å². The molecule has 0 aliphatic rings. The quantitative estimate of drug-likeness (QED) is 0.327. The normalized spacial score (nSPS) is 11.0. The molecular formula is C26H24O4. The lowest BCUT2D eigenvalue weighted by Crippen LogP contribution is -2.05. The fraction of sp³-hybridized carbons (Fsp3) is 0.154. The first-order valence-electron chi connectivity index (χ1n) is 9.72. The second-order valence-corrected chi connectivity index (χ2v) is 6.86. The first kappa shape index (κ1) is 20.0. The zero-order chi connectivity index (χ0) is 20.9. The molecule has 0 aromatic heterocycles. The van der Waals surface area contributed by atoms with E-state index in [9.17, 15) is 0 Å². The molecule has 0 atom stereocenters. The summed E-state index contributed by atoms with van der Waals surface area (Å²) in [7, 11) is 3.22. The average molecular weight is 400 g/mol. The molecule has 4 heteroatoms. The summed E-state index contributed by atoms with van der Waals surface area (Å²) in [6.07, 6.45) is 1.81. The van der Waals surface area contributed by atoms with Crippen LogP contribution in [0, 0.1) is 0 Å². The van der Waals surface area contributed by atoms with E-state index in [4.69, 9.17) is 18.9 Å². The molecule has 4 aromatic carbocycles. The maximum Gasteiger partial charge on any atom is 0.188 e. The summed E-state index contributed by atoms with van der Waals surface area (Å²) in [5.74, 6) is 1.44. The van der Waals surface area contributed by atoms with Crippen LogP contribution in [0.25, 0.3) is 38.7 Å². The Morgan fingerprint density at radius 3 is 2.07 bits per heavy atom. The second kappa shape index (κ2) is 8.99. The van der Waals surface area contributed by atoms with Crippen molar-refractivity contribution in [3.05, 3.63) is 78.9 Å². The molecule has 0 aliphatic carbocycles. The van der Waals surface area contributed by atoms with E-state index >= 15 is 0 Å². The number of methoxy groups -OCH3 is 2. The largest absolute Gasteiger partial charge is 0.467 e. The van der Waals surface area contributed by atoms with Crippen molar-refractivity contribution in [1.82, 2.24) is 0 Å². The zero-order valence-electron chi connectivity index (χ0n) is 17.2. The number of hydrogen-bond donors (Lipinski definition) is 0. The van der Waals surface area contributed by atoms with Gasteiger partial charge in [0.15, 0.2) is 13.6 Å². The molecule has 0 saturated heterocycles. The smallest absolute Gasteiger partial charge is 0.188 e. The van der Waals surface area contributed by atoms with Crippen LogP contribution in [0.3, 0.4) is 0 Å². The minimum absolute atomic E-state index is 0.130. The molecule has 4 nitrogen and oxygen atoms in total. The van der Waals surface area contributed by atoms with E-state index in [1.807, 2.05) is 36.4 Å². The number of benzene rings is 4. The summed E-state index contributed by atoms with van der Waals surface area (Å²) in [6, 6.07) is 22.6. The van der Waals surface area contributed by atoms with E-state index in [1.54, 1.807) is 14.2 Å². The highest BCUT2D eigenvalue weighted by Crippen LogP contribution is 2.47. The van der Waals surface area contributed by atoms with Gasteiger partial charge in [-0.25, -0.2) is 0 Å². The van der Waals surface area contributed by atoms with E-state index < -0.39 is 0 Å². The Bertz CT molecular complexity index is 1200. The van der Waals surface area contributed by atoms with E-state index in [0.29, 0.717) is 5.75 Å². The Hall–Kier alpha value is -3.34. The summed E-state index contributed by atoms with van der Waals surface area (Å²) >= 11 is 0. The minimum atomic E-state index is 0.130. The predicted octanol–water partition coefficient (Wildman–Crippen LogP) is 6.27. The molecule has 0 heterocycles. The van der Waals surface area contributed by atoms with Gasteiger partial charge in [-0.15, -0.1) is 0 Å². The van der Waals surface area contributed by atoms with Crippen LogP contribution >= 0.6 is 0 Å². The summed E-state index contributed by atoms with van der Waals surface area (Å²) in [4.78, 5) is 0. The van der Waals surface area contributed by atoms with Gasteiger partial charge >= 0.3 is 0 Å². The van der Waals surface area contributed by atoms with Crippen molar-refractivity contribution in [1.29, 1.82) is 0 Å². The molecule has 152 valence electrons. The van der Waals surface area contributed by atoms with Crippen molar-refractivity contribution in [2.24, 2.45) is 0 Å². The monoisotopic (exact) mass is 400 g/mol. The third kappa shape index (κ3) is 3.63. The highest BCUT2D eigenvalue weighted by molar-refractivity contribution is 6.11. The first-order chi connectivity index (χ1) is 14.8. The van der Waals surface area contributed by atoms with Gasteiger partial charge in [-0.2, -0.15) is 0 Å². The number of fused-ring (bicyclic) bond motifs is 2. The predicted molar refractivity (Wildman–Crippen MR) is 122 cm³/mol. The molecule has 0 N–H and O–H groups in total. The number of rotatable bonds is 8. The van der Waals surface area contributed by atoms with Crippen LogP contribution in [-0.4, -0.2) is 27.8 Å². The molecule has 0 fully saturated rings. The Morgan fingerprint density at radius 2 is 1.37 bits per heavy atom. The number of ether oxygens (including phenoxy) is 4. The van der Waals surface area contributed by atoms with Crippen LogP contribution in [-0.2, 0) is 9.47 Å². The van der Waals surface area contributed by atoms with Crippen LogP contribution in [0.1, 0.15) is 5.56 Å². The maximum atomic E-state index is 6.10. The lowest BCUT2D eigenvalue weighted by atomic mass is 9.90. The standard InChI is InChI=1S/C26H24O4/c1-4-18-15-20-10-6-8-12-22(20)25(26(18)30-17-28-3)24-21-11-7-5-9-19(21)13-14-23(24)29-16-27-2/h4-15H,1,16-17H2,2-3H3. The average Bonchev–Trinajstić information content (AvgIpc) is 2.80. The highest BCUT2D eigenvalue weighted by Gasteiger charge is 2.21. The maximum absolute atomic E-state index is 6.10. The van der Waals surface area contributed by atoms with Crippen LogP contribution < -0.4 is 9.47 Å². The molecule has 0 spiro atoms. The molecule has 0 saturated carbocycles. The first-order valence-corrected chi connectivity index (χ1v) is 9.72. The van der Waals surface area contributed by atoms with Crippen LogP contribution in [0.4, 0.5) is 0 Å². The molecule has 0 amide bonds. The third-order valence-corrected chi connectivity index (χ3v) is 5.04. The van der Waals surface area contributed by atoms with Crippen molar-refractivity contribution in [2.45, 2.75) is 0 Å². The van der Waals surface area contributed by atoms with Gasteiger partial charge in [0.05, 0.1) is 0 Å². The summed E-state index contributed by atoms with van der Waals surface area (Å²) in [5.41, 5.74) is 2.80.